The number of amides is 1. The number of nitrogens with zero attached hydrogens (tertiary/aromatic N) is 5. The van der Waals surface area contributed by atoms with Gasteiger partial charge in [-0.25, -0.2) is 15.0 Å². The highest BCUT2D eigenvalue weighted by Crippen LogP contribution is 2.32. The van der Waals surface area contributed by atoms with Crippen LogP contribution in [-0.2, 0) is 11.2 Å². The number of fused-ring (bicyclic) bond motifs is 1. The molecular formula is C24H26N6O3. The average Bonchev–Trinajstić information content (AvgIpc) is 3.27. The molecule has 2 aliphatic rings. The Morgan fingerprint density at radius 3 is 2.61 bits per heavy atom. The highest BCUT2D eigenvalue weighted by Gasteiger charge is 2.23. The number of benzene rings is 1. The first-order valence-electron chi connectivity index (χ1n) is 11.0. The first-order valence-corrected chi connectivity index (χ1v) is 11.0. The van der Waals surface area contributed by atoms with Crippen LogP contribution < -0.4 is 19.7 Å². The van der Waals surface area contributed by atoms with Gasteiger partial charge in [-0.05, 0) is 49.2 Å². The minimum atomic E-state index is 0.111. The van der Waals surface area contributed by atoms with Crippen LogP contribution in [0.4, 0.5) is 17.5 Å². The first kappa shape index (κ1) is 21.0. The molecule has 0 unspecified atom stereocenters. The van der Waals surface area contributed by atoms with Gasteiger partial charge in [0.25, 0.3) is 0 Å². The van der Waals surface area contributed by atoms with E-state index in [4.69, 9.17) is 9.47 Å². The van der Waals surface area contributed by atoms with Crippen molar-refractivity contribution in [2.45, 2.75) is 20.3 Å². The molecule has 1 aromatic carbocycles. The van der Waals surface area contributed by atoms with Gasteiger partial charge in [0.05, 0.1) is 6.42 Å². The second-order valence-electron chi connectivity index (χ2n) is 8.23. The van der Waals surface area contributed by atoms with Crippen LogP contribution in [-0.4, -0.2) is 58.7 Å². The number of ether oxygens (including phenoxy) is 2. The monoisotopic (exact) mass is 446 g/mol. The van der Waals surface area contributed by atoms with Crippen LogP contribution in [0, 0.1) is 13.8 Å². The van der Waals surface area contributed by atoms with Gasteiger partial charge in [0, 0.05) is 38.4 Å². The Hall–Kier alpha value is -3.88. The summed E-state index contributed by atoms with van der Waals surface area (Å²) in [6.45, 7) is 6.86. The van der Waals surface area contributed by atoms with Gasteiger partial charge in [-0.2, -0.15) is 0 Å². The van der Waals surface area contributed by atoms with E-state index in [0.717, 1.165) is 28.5 Å². The van der Waals surface area contributed by atoms with Crippen LogP contribution in [0.5, 0.6) is 11.5 Å². The van der Waals surface area contributed by atoms with Crippen molar-refractivity contribution in [3.05, 3.63) is 59.5 Å². The van der Waals surface area contributed by atoms with Crippen LogP contribution in [0.2, 0.25) is 0 Å². The Bertz CT molecular complexity index is 1180. The minimum absolute atomic E-state index is 0.111. The molecule has 1 saturated heterocycles. The second kappa shape index (κ2) is 8.93. The lowest BCUT2D eigenvalue weighted by Crippen LogP contribution is -2.49. The molecule has 33 heavy (non-hydrogen) atoms. The van der Waals surface area contributed by atoms with E-state index in [1.165, 1.54) is 0 Å². The molecule has 2 aromatic heterocycles. The van der Waals surface area contributed by atoms with Crippen LogP contribution >= 0.6 is 0 Å². The van der Waals surface area contributed by atoms with E-state index in [-0.39, 0.29) is 12.7 Å². The second-order valence-corrected chi connectivity index (χ2v) is 8.23. The predicted molar refractivity (Wildman–Crippen MR) is 124 cm³/mol. The summed E-state index contributed by atoms with van der Waals surface area (Å²) in [6, 6.07) is 11.5. The lowest BCUT2D eigenvalue weighted by Gasteiger charge is -2.35. The van der Waals surface area contributed by atoms with Gasteiger partial charge in [0.1, 0.15) is 23.3 Å². The fraction of sp³-hybridized carbons (Fsp3) is 0.333. The maximum absolute atomic E-state index is 12.8. The third-order valence-electron chi connectivity index (χ3n) is 5.74. The van der Waals surface area contributed by atoms with Gasteiger partial charge in [0.15, 0.2) is 11.5 Å². The molecule has 1 N–H and O–H groups in total. The molecule has 4 heterocycles. The third-order valence-corrected chi connectivity index (χ3v) is 5.74. The smallest absolute Gasteiger partial charge is 0.231 e. The van der Waals surface area contributed by atoms with E-state index < -0.39 is 0 Å². The number of nitrogens with one attached hydrogen (secondary N) is 1. The van der Waals surface area contributed by atoms with Gasteiger partial charge < -0.3 is 24.6 Å². The van der Waals surface area contributed by atoms with E-state index >= 15 is 0 Å². The molecule has 2 aliphatic heterocycles. The molecule has 5 rings (SSSR count). The fourth-order valence-electron chi connectivity index (χ4n) is 4.04. The maximum atomic E-state index is 12.8. The number of piperazine rings is 1. The van der Waals surface area contributed by atoms with Gasteiger partial charge in [0.2, 0.25) is 12.7 Å². The summed E-state index contributed by atoms with van der Waals surface area (Å²) >= 11 is 0. The van der Waals surface area contributed by atoms with Crippen LogP contribution in [0.3, 0.4) is 0 Å². The Balaban J connectivity index is 1.21. The number of carbonyl (C=O) groups excluding carboxylic acids is 1. The van der Waals surface area contributed by atoms with Gasteiger partial charge in [-0.3, -0.25) is 4.79 Å². The summed E-state index contributed by atoms with van der Waals surface area (Å²) in [5, 5.41) is 3.26. The van der Waals surface area contributed by atoms with Crippen molar-refractivity contribution in [1.29, 1.82) is 0 Å². The maximum Gasteiger partial charge on any atom is 0.231 e. The molecule has 0 aliphatic carbocycles. The van der Waals surface area contributed by atoms with Crippen molar-refractivity contribution in [3.63, 3.8) is 0 Å². The van der Waals surface area contributed by atoms with Gasteiger partial charge in [-0.15, -0.1) is 0 Å². The van der Waals surface area contributed by atoms with Crippen LogP contribution in [0.25, 0.3) is 0 Å². The average molecular weight is 447 g/mol. The Kier molecular flexibility index (Phi) is 5.68. The quantitative estimate of drug-likeness (QED) is 0.640. The van der Waals surface area contributed by atoms with Crippen LogP contribution in [0.1, 0.15) is 17.0 Å². The van der Waals surface area contributed by atoms with Crippen molar-refractivity contribution >= 4 is 23.4 Å². The van der Waals surface area contributed by atoms with Crippen molar-refractivity contribution in [2.24, 2.45) is 0 Å². The summed E-state index contributed by atoms with van der Waals surface area (Å²) in [5.74, 6) is 4.53. The lowest BCUT2D eigenvalue weighted by atomic mass is 10.1. The Morgan fingerprint density at radius 1 is 0.970 bits per heavy atom. The van der Waals surface area contributed by atoms with Crippen molar-refractivity contribution in [1.82, 2.24) is 19.9 Å². The molecule has 3 aromatic rings. The summed E-state index contributed by atoms with van der Waals surface area (Å²) in [7, 11) is 0. The number of carbonyl (C=O) groups is 1. The molecule has 1 fully saturated rings. The molecule has 0 radical (unpaired) electrons. The molecule has 1 amide bonds. The molecule has 0 bridgehead atoms. The minimum Gasteiger partial charge on any atom is -0.454 e. The zero-order chi connectivity index (χ0) is 22.8. The molecule has 0 saturated carbocycles. The summed E-state index contributed by atoms with van der Waals surface area (Å²) < 4.78 is 10.8. The van der Waals surface area contributed by atoms with Crippen molar-refractivity contribution < 1.29 is 14.3 Å². The predicted octanol–water partition coefficient (Wildman–Crippen LogP) is 2.85. The number of hydrogen-bond donors (Lipinski definition) is 1. The molecule has 0 spiro atoms. The van der Waals surface area contributed by atoms with Crippen molar-refractivity contribution in [3.8, 4) is 11.5 Å². The van der Waals surface area contributed by atoms with E-state index in [1.807, 2.05) is 55.1 Å². The highest BCUT2D eigenvalue weighted by molar-refractivity contribution is 5.79. The summed E-state index contributed by atoms with van der Waals surface area (Å²) in [6.07, 6.45) is 2.12. The number of aromatic nitrogens is 3. The first-order chi connectivity index (χ1) is 16.0. The van der Waals surface area contributed by atoms with Gasteiger partial charge >= 0.3 is 0 Å². The Morgan fingerprint density at radius 2 is 1.79 bits per heavy atom. The van der Waals surface area contributed by atoms with Crippen LogP contribution in [0.15, 0.2) is 42.6 Å². The summed E-state index contributed by atoms with van der Waals surface area (Å²) in [4.78, 5) is 30.4. The number of aryl methyl sites for hydroxylation is 2. The van der Waals surface area contributed by atoms with E-state index in [9.17, 15) is 4.79 Å². The molecule has 170 valence electrons. The topological polar surface area (TPSA) is 92.7 Å². The zero-order valence-corrected chi connectivity index (χ0v) is 18.7. The number of hydrogen-bond acceptors (Lipinski definition) is 8. The number of pyridine rings is 1. The highest BCUT2D eigenvalue weighted by atomic mass is 16.7. The molecule has 9 heteroatoms. The SMILES string of the molecule is Cc1ccnc(Nc2cc(N3CCN(C(=O)Cc4ccc5c(c4)OCO5)CC3)nc(C)n2)c1. The molecular weight excluding hydrogens is 420 g/mol. The molecule has 0 atom stereocenters. The molecule has 9 nitrogen and oxygen atoms in total. The van der Waals surface area contributed by atoms with E-state index in [0.29, 0.717) is 50.0 Å². The van der Waals surface area contributed by atoms with Crippen molar-refractivity contribution in [2.75, 3.05) is 43.2 Å². The zero-order valence-electron chi connectivity index (χ0n) is 18.7. The van der Waals surface area contributed by atoms with Gasteiger partial charge in [-0.1, -0.05) is 6.07 Å². The lowest BCUT2D eigenvalue weighted by molar-refractivity contribution is -0.130. The largest absolute Gasteiger partial charge is 0.454 e. The fourth-order valence-corrected chi connectivity index (χ4v) is 4.04. The standard InChI is InChI=1S/C24H26N6O3/c1-16-5-6-25-21(11-16)28-22-14-23(27-17(2)26-22)29-7-9-30(10-8-29)24(31)13-18-3-4-19-20(12-18)33-15-32-19/h3-6,11-12,14H,7-10,13,15H2,1-2H3,(H,25,26,27,28). The van der Waals surface area contributed by atoms with E-state index in [1.54, 1.807) is 6.20 Å². The third kappa shape index (κ3) is 4.82. The number of rotatable bonds is 5. The number of anilines is 3. The summed E-state index contributed by atoms with van der Waals surface area (Å²) in [5.41, 5.74) is 2.05. The normalized spacial score (nSPS) is 15.0. The van der Waals surface area contributed by atoms with E-state index in [2.05, 4.69) is 25.2 Å². The Labute approximate surface area is 192 Å².